The molecule has 0 radical (unpaired) electrons. The molecule has 0 spiro atoms. The maximum absolute atomic E-state index is 13.8. The van der Waals surface area contributed by atoms with E-state index in [0.29, 0.717) is 38.0 Å². The summed E-state index contributed by atoms with van der Waals surface area (Å²) in [5.74, 6) is 0.614. The molecule has 2 N–H and O–H groups in total. The number of nitrogens with one attached hydrogen (secondary N) is 2. The number of ether oxygens (including phenoxy) is 2. The van der Waals surface area contributed by atoms with Crippen LogP contribution in [0.4, 0.5) is 4.39 Å². The molecule has 3 heterocycles. The molecule has 3 fully saturated rings. The number of guanidine groups is 1. The first-order valence-electron chi connectivity index (χ1n) is 9.65. The van der Waals surface area contributed by atoms with Crippen molar-refractivity contribution in [3.63, 3.8) is 0 Å². The molecule has 0 amide bonds. The van der Waals surface area contributed by atoms with Crippen LogP contribution in [0.1, 0.15) is 37.7 Å². The summed E-state index contributed by atoms with van der Waals surface area (Å²) in [4.78, 5) is 4.40. The van der Waals surface area contributed by atoms with Gasteiger partial charge in [0, 0.05) is 32.2 Å². The largest absolute Gasteiger partial charge is 0.381 e. The van der Waals surface area contributed by atoms with Crippen molar-refractivity contribution in [1.29, 1.82) is 0 Å². The maximum Gasteiger partial charge on any atom is 0.191 e. The molecule has 3 aliphatic heterocycles. The number of rotatable bonds is 4. The van der Waals surface area contributed by atoms with Crippen molar-refractivity contribution in [3.05, 3.63) is 35.6 Å². The minimum Gasteiger partial charge on any atom is -0.381 e. The summed E-state index contributed by atoms with van der Waals surface area (Å²) in [5.41, 5.74) is 0.899. The fraction of sp³-hybridized carbons (Fsp3) is 0.650. The van der Waals surface area contributed by atoms with E-state index in [9.17, 15) is 4.39 Å². The lowest BCUT2D eigenvalue weighted by Crippen LogP contribution is -2.52. The number of hydrogen-bond acceptors (Lipinski definition) is 3. The van der Waals surface area contributed by atoms with Gasteiger partial charge in [-0.15, -0.1) is 0 Å². The molecule has 0 aliphatic carbocycles. The van der Waals surface area contributed by atoms with Gasteiger partial charge < -0.3 is 20.1 Å². The molecule has 3 saturated heterocycles. The van der Waals surface area contributed by atoms with Gasteiger partial charge in [-0.05, 0) is 49.8 Å². The summed E-state index contributed by atoms with van der Waals surface area (Å²) in [5, 5.41) is 7.01. The van der Waals surface area contributed by atoms with Crippen molar-refractivity contribution in [2.45, 2.75) is 55.8 Å². The standard InChI is InChI=1S/C20H28FN3O2/c1-22-19(24-17-12-16-5-6-18(17)26-16)23-13-20(7-9-25-10-8-20)14-3-2-4-15(21)11-14/h2-4,11,16-18H,5-10,12-13H2,1H3,(H2,22,23,24). The highest BCUT2D eigenvalue weighted by molar-refractivity contribution is 5.80. The number of fused-ring (bicyclic) bond motifs is 2. The predicted octanol–water partition coefficient (Wildman–Crippen LogP) is 2.36. The number of halogens is 1. The molecule has 3 aliphatic rings. The molecule has 0 saturated carbocycles. The summed E-state index contributed by atoms with van der Waals surface area (Å²) < 4.78 is 25.3. The van der Waals surface area contributed by atoms with Crippen molar-refractivity contribution in [3.8, 4) is 0 Å². The second-order valence-corrected chi connectivity index (χ2v) is 7.69. The Bertz CT molecular complexity index is 660. The Morgan fingerprint density at radius 2 is 2.15 bits per heavy atom. The molecule has 1 aromatic carbocycles. The lowest BCUT2D eigenvalue weighted by atomic mass is 9.74. The molecule has 1 aromatic rings. The molecular formula is C20H28FN3O2. The summed E-state index contributed by atoms with van der Waals surface area (Å²) in [6.45, 7) is 2.11. The third-order valence-electron chi connectivity index (χ3n) is 6.13. The monoisotopic (exact) mass is 361 g/mol. The minimum atomic E-state index is -0.185. The van der Waals surface area contributed by atoms with Gasteiger partial charge in [-0.1, -0.05) is 12.1 Å². The van der Waals surface area contributed by atoms with Crippen molar-refractivity contribution >= 4 is 5.96 Å². The SMILES string of the molecule is CN=C(NCC1(c2cccc(F)c2)CCOCC1)NC1CC2CCC1O2. The first kappa shape index (κ1) is 17.7. The normalized spacial score (nSPS) is 30.4. The lowest BCUT2D eigenvalue weighted by molar-refractivity contribution is 0.0512. The molecule has 3 atom stereocenters. The van der Waals surface area contributed by atoms with Crippen LogP contribution in [-0.2, 0) is 14.9 Å². The van der Waals surface area contributed by atoms with Crippen molar-refractivity contribution in [1.82, 2.24) is 10.6 Å². The Morgan fingerprint density at radius 3 is 2.81 bits per heavy atom. The van der Waals surface area contributed by atoms with Gasteiger partial charge in [0.15, 0.2) is 5.96 Å². The van der Waals surface area contributed by atoms with Gasteiger partial charge >= 0.3 is 0 Å². The van der Waals surface area contributed by atoms with Gasteiger partial charge in [0.05, 0.1) is 18.2 Å². The van der Waals surface area contributed by atoms with E-state index in [4.69, 9.17) is 9.47 Å². The van der Waals surface area contributed by atoms with Crippen molar-refractivity contribution < 1.29 is 13.9 Å². The lowest BCUT2D eigenvalue weighted by Gasteiger charge is -2.38. The third kappa shape index (κ3) is 3.58. The fourth-order valence-corrected chi connectivity index (χ4v) is 4.56. The van der Waals surface area contributed by atoms with Crippen molar-refractivity contribution in [2.75, 3.05) is 26.8 Å². The van der Waals surface area contributed by atoms with Gasteiger partial charge in [-0.25, -0.2) is 4.39 Å². The van der Waals surface area contributed by atoms with Crippen LogP contribution >= 0.6 is 0 Å². The molecule has 6 heteroatoms. The van der Waals surface area contributed by atoms with Gasteiger partial charge in [-0.3, -0.25) is 4.99 Å². The Balaban J connectivity index is 1.44. The molecule has 142 valence electrons. The minimum absolute atomic E-state index is 0.136. The maximum atomic E-state index is 13.8. The Morgan fingerprint density at radius 1 is 1.31 bits per heavy atom. The highest BCUT2D eigenvalue weighted by atomic mass is 19.1. The second-order valence-electron chi connectivity index (χ2n) is 7.69. The third-order valence-corrected chi connectivity index (χ3v) is 6.13. The van der Waals surface area contributed by atoms with E-state index in [-0.39, 0.29) is 11.2 Å². The van der Waals surface area contributed by atoms with Gasteiger partial charge in [0.25, 0.3) is 0 Å². The quantitative estimate of drug-likeness (QED) is 0.639. The summed E-state index contributed by atoms with van der Waals surface area (Å²) in [6, 6.07) is 7.31. The molecule has 2 bridgehead atoms. The van der Waals surface area contributed by atoms with Crippen LogP contribution < -0.4 is 10.6 Å². The summed E-state index contributed by atoms with van der Waals surface area (Å²) in [6.07, 6.45) is 5.81. The highest BCUT2D eigenvalue weighted by Gasteiger charge is 2.41. The van der Waals surface area contributed by atoms with E-state index in [1.165, 1.54) is 12.5 Å². The first-order chi connectivity index (χ1) is 12.7. The van der Waals surface area contributed by atoms with E-state index in [1.807, 2.05) is 6.07 Å². The average Bonchev–Trinajstić information content (AvgIpc) is 3.29. The molecular weight excluding hydrogens is 333 g/mol. The van der Waals surface area contributed by atoms with Crippen LogP contribution in [0, 0.1) is 5.82 Å². The zero-order valence-electron chi connectivity index (χ0n) is 15.3. The molecule has 26 heavy (non-hydrogen) atoms. The zero-order valence-corrected chi connectivity index (χ0v) is 15.3. The van der Waals surface area contributed by atoms with E-state index in [0.717, 1.165) is 37.2 Å². The number of hydrogen-bond donors (Lipinski definition) is 2. The molecule has 4 rings (SSSR count). The topological polar surface area (TPSA) is 54.9 Å². The second kappa shape index (κ2) is 7.53. The van der Waals surface area contributed by atoms with E-state index < -0.39 is 0 Å². The van der Waals surface area contributed by atoms with Gasteiger partial charge in [-0.2, -0.15) is 0 Å². The number of nitrogens with zero attached hydrogens (tertiary/aromatic N) is 1. The van der Waals surface area contributed by atoms with E-state index >= 15 is 0 Å². The number of aliphatic imine (C=N–C) groups is 1. The zero-order chi connectivity index (χ0) is 18.0. The Hall–Kier alpha value is -1.66. The van der Waals surface area contributed by atoms with E-state index in [2.05, 4.69) is 15.6 Å². The van der Waals surface area contributed by atoms with E-state index in [1.54, 1.807) is 19.2 Å². The van der Waals surface area contributed by atoms with Crippen LogP contribution in [0.5, 0.6) is 0 Å². The van der Waals surface area contributed by atoms with Crippen LogP contribution in [0.3, 0.4) is 0 Å². The summed E-state index contributed by atoms with van der Waals surface area (Å²) in [7, 11) is 1.79. The number of benzene rings is 1. The van der Waals surface area contributed by atoms with Crippen LogP contribution in [0.25, 0.3) is 0 Å². The van der Waals surface area contributed by atoms with Crippen LogP contribution in [0.15, 0.2) is 29.3 Å². The molecule has 3 unspecified atom stereocenters. The molecule has 5 nitrogen and oxygen atoms in total. The van der Waals surface area contributed by atoms with Gasteiger partial charge in [0.2, 0.25) is 0 Å². The highest BCUT2D eigenvalue weighted by Crippen LogP contribution is 2.35. The fourth-order valence-electron chi connectivity index (χ4n) is 4.56. The van der Waals surface area contributed by atoms with Gasteiger partial charge in [0.1, 0.15) is 5.82 Å². The van der Waals surface area contributed by atoms with Crippen LogP contribution in [-0.4, -0.2) is 51.0 Å². The van der Waals surface area contributed by atoms with Crippen molar-refractivity contribution in [2.24, 2.45) is 4.99 Å². The average molecular weight is 361 g/mol. The Kier molecular flexibility index (Phi) is 5.14. The Labute approximate surface area is 154 Å². The first-order valence-corrected chi connectivity index (χ1v) is 9.65. The summed E-state index contributed by atoms with van der Waals surface area (Å²) >= 11 is 0. The van der Waals surface area contributed by atoms with Crippen LogP contribution in [0.2, 0.25) is 0 Å². The smallest absolute Gasteiger partial charge is 0.191 e. The predicted molar refractivity (Wildman–Crippen MR) is 98.9 cm³/mol. The molecule has 0 aromatic heterocycles.